The van der Waals surface area contributed by atoms with Crippen molar-refractivity contribution in [2.24, 2.45) is 0 Å². The number of aliphatic hydroxyl groups is 4. The largest absolute Gasteiger partial charge is 0.394 e. The molecule has 0 rings (SSSR count). The maximum atomic E-state index is 8.74. The van der Waals surface area contributed by atoms with Crippen molar-refractivity contribution in [3.8, 4) is 0 Å². The number of aliphatic hydroxyl groups excluding tert-OH is 4. The number of hydrogen-bond acceptors (Lipinski definition) is 5. The van der Waals surface area contributed by atoms with Gasteiger partial charge in [0, 0.05) is 0 Å². The highest BCUT2D eigenvalue weighted by molar-refractivity contribution is 4.50. The third kappa shape index (κ3) is 18.4. The van der Waals surface area contributed by atoms with Crippen molar-refractivity contribution in [2.45, 2.75) is 58.3 Å². The lowest BCUT2D eigenvalue weighted by molar-refractivity contribution is -0.0177. The summed E-state index contributed by atoms with van der Waals surface area (Å²) in [6.07, 6.45) is 1.71. The van der Waals surface area contributed by atoms with Crippen molar-refractivity contribution in [1.29, 1.82) is 0 Å². The van der Waals surface area contributed by atoms with Gasteiger partial charge in [0.15, 0.2) is 0 Å². The molecule has 5 heteroatoms. The van der Waals surface area contributed by atoms with Crippen LogP contribution in [-0.2, 0) is 4.74 Å². The third-order valence-corrected chi connectivity index (χ3v) is 1.98. The molecule has 4 N–H and O–H groups in total. The van der Waals surface area contributed by atoms with Gasteiger partial charge in [0.25, 0.3) is 0 Å². The second-order valence-electron chi connectivity index (χ2n) is 4.15. The average molecular weight is 252 g/mol. The zero-order valence-corrected chi connectivity index (χ0v) is 11.2. The van der Waals surface area contributed by atoms with Gasteiger partial charge in [-0.3, -0.25) is 0 Å². The van der Waals surface area contributed by atoms with Crippen LogP contribution in [-0.4, -0.2) is 58.6 Å². The molecule has 0 radical (unpaired) electrons. The highest BCUT2D eigenvalue weighted by Gasteiger charge is 2.00. The molecule has 0 bridgehead atoms. The van der Waals surface area contributed by atoms with Crippen molar-refractivity contribution >= 4 is 0 Å². The van der Waals surface area contributed by atoms with Gasteiger partial charge in [0.2, 0.25) is 0 Å². The van der Waals surface area contributed by atoms with Gasteiger partial charge in [-0.15, -0.1) is 0 Å². The molecule has 106 valence electrons. The predicted octanol–water partition coefficient (Wildman–Crippen LogP) is 0.294. The van der Waals surface area contributed by atoms with Crippen LogP contribution in [0, 0.1) is 0 Å². The van der Waals surface area contributed by atoms with Crippen molar-refractivity contribution in [3.63, 3.8) is 0 Å². The topological polar surface area (TPSA) is 90.2 Å². The fraction of sp³-hybridized carbons (Fsp3) is 1.00. The summed E-state index contributed by atoms with van der Waals surface area (Å²) < 4.78 is 4.95. The van der Waals surface area contributed by atoms with Gasteiger partial charge in [-0.1, -0.05) is 19.8 Å². The molecule has 0 aliphatic heterocycles. The first kappa shape index (κ1) is 19.1. The van der Waals surface area contributed by atoms with Crippen LogP contribution >= 0.6 is 0 Å². The van der Waals surface area contributed by atoms with Crippen molar-refractivity contribution < 1.29 is 25.2 Å². The Morgan fingerprint density at radius 2 is 1.65 bits per heavy atom. The molecule has 0 aromatic carbocycles. The number of ether oxygens (including phenoxy) is 1. The van der Waals surface area contributed by atoms with E-state index in [1.54, 1.807) is 13.8 Å². The standard InChI is InChI=1S/C6H14O3.C6H14O2/c1-5(8)4-9-6(2)3-7;1-2-3-4-6(8)5-7/h5-8H,3-4H2,1-2H3;6-8H,2-5H2,1H3. The van der Waals surface area contributed by atoms with E-state index in [9.17, 15) is 0 Å². The second kappa shape index (κ2) is 13.9. The average Bonchev–Trinajstić information content (AvgIpc) is 2.33. The normalized spacial score (nSPS) is 15.7. The molecular weight excluding hydrogens is 224 g/mol. The lowest BCUT2D eigenvalue weighted by Crippen LogP contribution is -2.19. The molecule has 3 unspecified atom stereocenters. The highest BCUT2D eigenvalue weighted by atomic mass is 16.5. The summed E-state index contributed by atoms with van der Waals surface area (Å²) in [5.41, 5.74) is 0. The minimum absolute atomic E-state index is 0.00667. The first-order valence-electron chi connectivity index (χ1n) is 6.17. The first-order chi connectivity index (χ1) is 7.97. The second-order valence-corrected chi connectivity index (χ2v) is 4.15. The van der Waals surface area contributed by atoms with Crippen LogP contribution in [0.2, 0.25) is 0 Å². The smallest absolute Gasteiger partial charge is 0.0779 e. The molecule has 0 aromatic rings. The zero-order chi connectivity index (χ0) is 13.7. The van der Waals surface area contributed by atoms with E-state index in [4.69, 9.17) is 25.2 Å². The first-order valence-corrected chi connectivity index (χ1v) is 6.17. The quantitative estimate of drug-likeness (QED) is 0.499. The molecule has 0 aromatic heterocycles. The molecule has 0 amide bonds. The van der Waals surface area contributed by atoms with Gasteiger partial charge in [-0.2, -0.15) is 0 Å². The van der Waals surface area contributed by atoms with Crippen LogP contribution < -0.4 is 0 Å². The summed E-state index contributed by atoms with van der Waals surface area (Å²) in [5.74, 6) is 0. The van der Waals surface area contributed by atoms with E-state index < -0.39 is 12.2 Å². The molecular formula is C12H28O5. The Kier molecular flexibility index (Phi) is 15.6. The summed E-state index contributed by atoms with van der Waals surface area (Å²) >= 11 is 0. The van der Waals surface area contributed by atoms with E-state index in [0.29, 0.717) is 6.61 Å². The van der Waals surface area contributed by atoms with Gasteiger partial charge in [0.05, 0.1) is 38.1 Å². The van der Waals surface area contributed by atoms with Crippen LogP contribution in [0.1, 0.15) is 40.0 Å². The highest BCUT2D eigenvalue weighted by Crippen LogP contribution is 1.97. The van der Waals surface area contributed by atoms with Gasteiger partial charge in [0.1, 0.15) is 0 Å². The molecule has 0 aliphatic carbocycles. The van der Waals surface area contributed by atoms with Crippen LogP contribution in [0.4, 0.5) is 0 Å². The molecule has 0 aliphatic rings. The minimum Gasteiger partial charge on any atom is -0.394 e. The van der Waals surface area contributed by atoms with Crippen molar-refractivity contribution in [3.05, 3.63) is 0 Å². The van der Waals surface area contributed by atoms with Crippen LogP contribution in [0.25, 0.3) is 0 Å². The Labute approximate surface area is 104 Å². The van der Waals surface area contributed by atoms with Crippen molar-refractivity contribution in [2.75, 3.05) is 19.8 Å². The SMILES string of the molecule is CC(O)COC(C)CO.CCCCC(O)CO. The maximum Gasteiger partial charge on any atom is 0.0779 e. The summed E-state index contributed by atoms with van der Waals surface area (Å²) in [5, 5.41) is 34.2. The molecule has 0 saturated heterocycles. The lowest BCUT2D eigenvalue weighted by Gasteiger charge is -2.10. The molecule has 3 atom stereocenters. The van der Waals surface area contributed by atoms with E-state index in [1.165, 1.54) is 0 Å². The Hall–Kier alpha value is -0.200. The number of unbranched alkanes of at least 4 members (excludes halogenated alkanes) is 1. The summed E-state index contributed by atoms with van der Waals surface area (Å²) in [6, 6.07) is 0. The molecule has 0 spiro atoms. The Bertz CT molecular complexity index is 141. The predicted molar refractivity (Wildman–Crippen MR) is 66.8 cm³/mol. The van der Waals surface area contributed by atoms with Gasteiger partial charge < -0.3 is 25.2 Å². The Morgan fingerprint density at radius 1 is 1.06 bits per heavy atom. The Morgan fingerprint density at radius 3 is 2.00 bits per heavy atom. The van der Waals surface area contributed by atoms with Crippen LogP contribution in [0.5, 0.6) is 0 Å². The summed E-state index contributed by atoms with van der Waals surface area (Å²) in [7, 11) is 0. The molecule has 0 heterocycles. The van der Waals surface area contributed by atoms with E-state index in [2.05, 4.69) is 6.92 Å². The third-order valence-electron chi connectivity index (χ3n) is 1.98. The molecule has 5 nitrogen and oxygen atoms in total. The zero-order valence-electron chi connectivity index (χ0n) is 11.2. The van der Waals surface area contributed by atoms with E-state index in [1.807, 2.05) is 0 Å². The Balaban J connectivity index is 0. The molecule has 17 heavy (non-hydrogen) atoms. The van der Waals surface area contributed by atoms with E-state index in [-0.39, 0.29) is 19.3 Å². The monoisotopic (exact) mass is 252 g/mol. The summed E-state index contributed by atoms with van der Waals surface area (Å²) in [6.45, 7) is 5.66. The van der Waals surface area contributed by atoms with Gasteiger partial charge in [-0.25, -0.2) is 0 Å². The number of rotatable bonds is 8. The van der Waals surface area contributed by atoms with E-state index in [0.717, 1.165) is 19.3 Å². The van der Waals surface area contributed by atoms with Crippen molar-refractivity contribution in [1.82, 2.24) is 0 Å². The van der Waals surface area contributed by atoms with Crippen LogP contribution in [0.15, 0.2) is 0 Å². The van der Waals surface area contributed by atoms with E-state index >= 15 is 0 Å². The molecule has 0 saturated carbocycles. The fourth-order valence-electron chi connectivity index (χ4n) is 0.887. The van der Waals surface area contributed by atoms with Gasteiger partial charge >= 0.3 is 0 Å². The van der Waals surface area contributed by atoms with Crippen LogP contribution in [0.3, 0.4) is 0 Å². The maximum absolute atomic E-state index is 8.74. The fourth-order valence-corrected chi connectivity index (χ4v) is 0.887. The number of hydrogen-bond donors (Lipinski definition) is 4. The summed E-state index contributed by atoms with van der Waals surface area (Å²) in [4.78, 5) is 0. The molecule has 0 fully saturated rings. The lowest BCUT2D eigenvalue weighted by atomic mass is 10.2. The minimum atomic E-state index is -0.491. The van der Waals surface area contributed by atoms with Gasteiger partial charge in [-0.05, 0) is 20.3 Å².